The second-order valence-electron chi connectivity index (χ2n) is 6.32. The van der Waals surface area contributed by atoms with Crippen LogP contribution in [0.15, 0.2) is 42.9 Å². The zero-order valence-corrected chi connectivity index (χ0v) is 14.4. The van der Waals surface area contributed by atoms with Crippen molar-refractivity contribution in [2.45, 2.75) is 18.9 Å². The maximum absolute atomic E-state index is 6.17. The lowest BCUT2D eigenvalue weighted by atomic mass is 10.0. The Kier molecular flexibility index (Phi) is 4.02. The Morgan fingerprint density at radius 2 is 2.21 bits per heavy atom. The second kappa shape index (κ2) is 6.32. The van der Waals surface area contributed by atoms with Crippen LogP contribution in [0.5, 0.6) is 0 Å². The predicted octanol–water partition coefficient (Wildman–Crippen LogP) is 3.70. The minimum atomic E-state index is 0.392. The third-order valence-corrected chi connectivity index (χ3v) is 4.78. The summed E-state index contributed by atoms with van der Waals surface area (Å²) >= 11 is 6.17. The van der Waals surface area contributed by atoms with Crippen molar-refractivity contribution in [3.63, 3.8) is 0 Å². The van der Waals surface area contributed by atoms with E-state index in [9.17, 15) is 0 Å². The highest BCUT2D eigenvalue weighted by Gasteiger charge is 2.21. The normalized spacial score (nSPS) is 18.1. The largest absolute Gasteiger partial charge is 0.380 e. The predicted molar refractivity (Wildman–Crippen MR) is 98.8 cm³/mol. The van der Waals surface area contributed by atoms with E-state index in [1.54, 1.807) is 0 Å². The summed E-state index contributed by atoms with van der Waals surface area (Å²) in [6.45, 7) is 2.04. The van der Waals surface area contributed by atoms with Crippen molar-refractivity contribution in [1.82, 2.24) is 14.8 Å². The van der Waals surface area contributed by atoms with E-state index >= 15 is 0 Å². The smallest absolute Gasteiger partial charge is 0.0753 e. The van der Waals surface area contributed by atoms with Crippen molar-refractivity contribution >= 4 is 33.9 Å². The molecule has 24 heavy (non-hydrogen) atoms. The maximum atomic E-state index is 6.17. The first-order chi connectivity index (χ1) is 11.7. The second-order valence-corrected chi connectivity index (χ2v) is 6.76. The Morgan fingerprint density at radius 3 is 3.04 bits per heavy atom. The first-order valence-corrected chi connectivity index (χ1v) is 8.61. The number of aromatic nitrogens is 3. The number of halogens is 1. The van der Waals surface area contributed by atoms with Crippen LogP contribution in [-0.2, 0) is 7.05 Å². The molecule has 1 fully saturated rings. The molecule has 0 aliphatic carbocycles. The summed E-state index contributed by atoms with van der Waals surface area (Å²) in [7, 11) is 1.95. The van der Waals surface area contributed by atoms with Crippen molar-refractivity contribution in [1.29, 1.82) is 0 Å². The van der Waals surface area contributed by atoms with E-state index in [2.05, 4.69) is 26.5 Å². The SMILES string of the molecule is Cn1cc(N2CCCC(Nc3ccnc4ccc(Cl)cc34)C2)cn1. The summed E-state index contributed by atoms with van der Waals surface area (Å²) in [6, 6.07) is 8.25. The maximum Gasteiger partial charge on any atom is 0.0753 e. The van der Waals surface area contributed by atoms with Crippen LogP contribution in [0.3, 0.4) is 0 Å². The lowest BCUT2D eigenvalue weighted by Crippen LogP contribution is -2.42. The minimum absolute atomic E-state index is 0.392. The molecule has 6 heteroatoms. The molecule has 3 aromatic rings. The highest BCUT2D eigenvalue weighted by Crippen LogP contribution is 2.27. The van der Waals surface area contributed by atoms with Crippen LogP contribution in [-0.4, -0.2) is 33.9 Å². The molecule has 5 nitrogen and oxygen atoms in total. The van der Waals surface area contributed by atoms with Gasteiger partial charge in [-0.3, -0.25) is 9.67 Å². The number of nitrogens with zero attached hydrogens (tertiary/aromatic N) is 4. The van der Waals surface area contributed by atoms with E-state index < -0.39 is 0 Å². The van der Waals surface area contributed by atoms with Gasteiger partial charge in [-0.2, -0.15) is 5.10 Å². The van der Waals surface area contributed by atoms with Gasteiger partial charge in [0, 0.05) is 54.7 Å². The Balaban J connectivity index is 1.56. The van der Waals surface area contributed by atoms with Crippen LogP contribution in [0.25, 0.3) is 10.9 Å². The molecular formula is C18H20ClN5. The van der Waals surface area contributed by atoms with Gasteiger partial charge in [-0.15, -0.1) is 0 Å². The standard InChI is InChI=1S/C18H20ClN5/c1-23-12-15(10-21-23)24-8-2-3-14(11-24)22-18-6-7-20-17-5-4-13(19)9-16(17)18/h4-7,9-10,12,14H,2-3,8,11H2,1H3,(H,20,22). The fourth-order valence-corrected chi connectivity index (χ4v) is 3.54. The van der Waals surface area contributed by atoms with Gasteiger partial charge in [0.2, 0.25) is 0 Å². The van der Waals surface area contributed by atoms with Gasteiger partial charge < -0.3 is 10.2 Å². The molecule has 1 aromatic carbocycles. The lowest BCUT2D eigenvalue weighted by molar-refractivity contribution is 0.530. The number of anilines is 2. The molecule has 1 aliphatic heterocycles. The highest BCUT2D eigenvalue weighted by atomic mass is 35.5. The van der Waals surface area contributed by atoms with Crippen molar-refractivity contribution in [2.24, 2.45) is 7.05 Å². The van der Waals surface area contributed by atoms with Gasteiger partial charge in [0.05, 0.1) is 17.4 Å². The Bertz CT molecular complexity index is 859. The number of nitrogens with one attached hydrogen (secondary N) is 1. The molecular weight excluding hydrogens is 322 g/mol. The molecule has 0 saturated carbocycles. The van der Waals surface area contributed by atoms with Gasteiger partial charge >= 0.3 is 0 Å². The number of aryl methyl sites for hydroxylation is 1. The number of benzene rings is 1. The van der Waals surface area contributed by atoms with E-state index in [0.717, 1.165) is 47.5 Å². The third kappa shape index (κ3) is 3.04. The van der Waals surface area contributed by atoms with Crippen molar-refractivity contribution in [3.05, 3.63) is 47.9 Å². The van der Waals surface area contributed by atoms with Crippen molar-refractivity contribution in [3.8, 4) is 0 Å². The van der Waals surface area contributed by atoms with Crippen LogP contribution in [0, 0.1) is 0 Å². The molecule has 2 aromatic heterocycles. The number of hydrogen-bond donors (Lipinski definition) is 1. The van der Waals surface area contributed by atoms with Crippen LogP contribution < -0.4 is 10.2 Å². The van der Waals surface area contributed by atoms with E-state index in [0.29, 0.717) is 6.04 Å². The number of piperidine rings is 1. The molecule has 1 saturated heterocycles. The molecule has 1 unspecified atom stereocenters. The molecule has 0 radical (unpaired) electrons. The highest BCUT2D eigenvalue weighted by molar-refractivity contribution is 6.31. The molecule has 124 valence electrons. The summed E-state index contributed by atoms with van der Waals surface area (Å²) in [5, 5.41) is 9.78. The summed E-state index contributed by atoms with van der Waals surface area (Å²) in [5.41, 5.74) is 3.25. The average molecular weight is 342 g/mol. The van der Waals surface area contributed by atoms with E-state index in [1.807, 2.05) is 48.4 Å². The van der Waals surface area contributed by atoms with Crippen molar-refractivity contribution < 1.29 is 0 Å². The molecule has 1 N–H and O–H groups in total. The van der Waals surface area contributed by atoms with E-state index in [1.165, 1.54) is 5.69 Å². The van der Waals surface area contributed by atoms with Crippen LogP contribution in [0.1, 0.15) is 12.8 Å². The lowest BCUT2D eigenvalue weighted by Gasteiger charge is -2.34. The van der Waals surface area contributed by atoms with Crippen LogP contribution in [0.2, 0.25) is 5.02 Å². The monoisotopic (exact) mass is 341 g/mol. The number of pyridine rings is 1. The topological polar surface area (TPSA) is 46.0 Å². The van der Waals surface area contributed by atoms with E-state index in [-0.39, 0.29) is 0 Å². The molecule has 4 rings (SSSR count). The molecule has 1 aliphatic rings. The van der Waals surface area contributed by atoms with Gasteiger partial charge in [0.25, 0.3) is 0 Å². The summed E-state index contributed by atoms with van der Waals surface area (Å²) in [5.74, 6) is 0. The van der Waals surface area contributed by atoms with Crippen LogP contribution in [0.4, 0.5) is 11.4 Å². The molecule has 0 bridgehead atoms. The zero-order valence-electron chi connectivity index (χ0n) is 13.6. The van der Waals surface area contributed by atoms with Crippen molar-refractivity contribution in [2.75, 3.05) is 23.3 Å². The van der Waals surface area contributed by atoms with Gasteiger partial charge in [0.1, 0.15) is 0 Å². The van der Waals surface area contributed by atoms with Gasteiger partial charge in [0.15, 0.2) is 0 Å². The molecule has 3 heterocycles. The number of rotatable bonds is 3. The molecule has 1 atom stereocenters. The minimum Gasteiger partial charge on any atom is -0.380 e. The molecule has 0 amide bonds. The van der Waals surface area contributed by atoms with E-state index in [4.69, 9.17) is 11.6 Å². The van der Waals surface area contributed by atoms with Gasteiger partial charge in [-0.25, -0.2) is 0 Å². The first-order valence-electron chi connectivity index (χ1n) is 8.23. The summed E-state index contributed by atoms with van der Waals surface area (Å²) in [6.07, 6.45) is 8.17. The Morgan fingerprint density at radius 1 is 1.29 bits per heavy atom. The summed E-state index contributed by atoms with van der Waals surface area (Å²) < 4.78 is 1.85. The zero-order chi connectivity index (χ0) is 16.5. The Hall–Kier alpha value is -2.27. The average Bonchev–Trinajstić information content (AvgIpc) is 3.02. The number of hydrogen-bond acceptors (Lipinski definition) is 4. The third-order valence-electron chi connectivity index (χ3n) is 4.54. The van der Waals surface area contributed by atoms with Gasteiger partial charge in [-0.05, 0) is 37.1 Å². The first kappa shape index (κ1) is 15.3. The van der Waals surface area contributed by atoms with Crippen LogP contribution >= 0.6 is 11.6 Å². The van der Waals surface area contributed by atoms with Gasteiger partial charge in [-0.1, -0.05) is 11.6 Å². The fourth-order valence-electron chi connectivity index (χ4n) is 3.37. The Labute approximate surface area is 146 Å². The molecule has 0 spiro atoms. The quantitative estimate of drug-likeness (QED) is 0.789. The summed E-state index contributed by atoms with van der Waals surface area (Å²) in [4.78, 5) is 6.81. The number of fused-ring (bicyclic) bond motifs is 1. The fraction of sp³-hybridized carbons (Fsp3) is 0.333.